The van der Waals surface area contributed by atoms with Gasteiger partial charge in [-0.1, -0.05) is 42.5 Å². The fourth-order valence-electron chi connectivity index (χ4n) is 4.52. The molecule has 0 radical (unpaired) electrons. The first-order valence-electron chi connectivity index (χ1n) is 12.2. The molecule has 4 rings (SSSR count). The lowest BCUT2D eigenvalue weighted by molar-refractivity contribution is -0.314. The van der Waals surface area contributed by atoms with Crippen molar-refractivity contribution in [1.82, 2.24) is 0 Å². The van der Waals surface area contributed by atoms with E-state index in [9.17, 15) is 10.2 Å². The Morgan fingerprint density at radius 2 is 1.46 bits per heavy atom. The average Bonchev–Trinajstić information content (AvgIpc) is 2.86. The zero-order chi connectivity index (χ0) is 24.8. The van der Waals surface area contributed by atoms with E-state index in [0.717, 1.165) is 16.9 Å². The molecule has 8 nitrogen and oxygen atoms in total. The van der Waals surface area contributed by atoms with Crippen LogP contribution in [0.15, 0.2) is 54.6 Å². The van der Waals surface area contributed by atoms with Crippen LogP contribution in [0.2, 0.25) is 0 Å². The van der Waals surface area contributed by atoms with E-state index in [4.69, 9.17) is 28.4 Å². The minimum atomic E-state index is -0.917. The van der Waals surface area contributed by atoms with Crippen LogP contribution < -0.4 is 4.74 Å². The highest BCUT2D eigenvalue weighted by atomic mass is 16.7. The van der Waals surface area contributed by atoms with Crippen LogP contribution in [0, 0.1) is 0 Å². The van der Waals surface area contributed by atoms with Crippen LogP contribution in [-0.2, 0) is 36.9 Å². The second-order valence-electron chi connectivity index (χ2n) is 9.16. The van der Waals surface area contributed by atoms with E-state index in [2.05, 4.69) is 0 Å². The molecule has 0 aliphatic carbocycles. The summed E-state index contributed by atoms with van der Waals surface area (Å²) in [7, 11) is 1.63. The number of ether oxygens (including phenoxy) is 6. The van der Waals surface area contributed by atoms with Crippen LogP contribution >= 0.6 is 0 Å². The summed E-state index contributed by atoms with van der Waals surface area (Å²) >= 11 is 0. The molecule has 0 amide bonds. The fraction of sp³-hybridized carbons (Fsp3) is 0.556. The van der Waals surface area contributed by atoms with Gasteiger partial charge in [-0.3, -0.25) is 0 Å². The van der Waals surface area contributed by atoms with Gasteiger partial charge in [-0.05, 0) is 37.1 Å². The Morgan fingerprint density at radius 1 is 0.800 bits per heavy atom. The summed E-state index contributed by atoms with van der Waals surface area (Å²) in [4.78, 5) is 0. The number of benzene rings is 2. The molecule has 192 valence electrons. The molecule has 2 aromatic carbocycles. The van der Waals surface area contributed by atoms with Gasteiger partial charge in [0.15, 0.2) is 12.6 Å². The molecule has 0 bridgehead atoms. The summed E-state index contributed by atoms with van der Waals surface area (Å²) in [5.74, 6) is 0.778. The van der Waals surface area contributed by atoms with Crippen molar-refractivity contribution in [3.8, 4) is 5.75 Å². The molecule has 2 N–H and O–H groups in total. The molecule has 2 aliphatic heterocycles. The van der Waals surface area contributed by atoms with Crippen molar-refractivity contribution < 1.29 is 38.6 Å². The van der Waals surface area contributed by atoms with E-state index >= 15 is 0 Å². The van der Waals surface area contributed by atoms with E-state index in [1.807, 2.05) is 61.5 Å². The van der Waals surface area contributed by atoms with Crippen molar-refractivity contribution in [1.29, 1.82) is 0 Å². The van der Waals surface area contributed by atoms with Gasteiger partial charge < -0.3 is 38.6 Å². The summed E-state index contributed by atoms with van der Waals surface area (Å²) in [5.41, 5.74) is 2.02. The van der Waals surface area contributed by atoms with Crippen molar-refractivity contribution in [3.63, 3.8) is 0 Å². The normalized spacial score (nSPS) is 33.4. The molecule has 0 spiro atoms. The summed E-state index contributed by atoms with van der Waals surface area (Å²) in [6.45, 7) is 4.41. The number of rotatable bonds is 9. The monoisotopic (exact) mass is 488 g/mol. The Balaban J connectivity index is 1.37. The molecule has 8 heteroatoms. The molecule has 0 saturated carbocycles. The first-order chi connectivity index (χ1) is 16.9. The van der Waals surface area contributed by atoms with Gasteiger partial charge in [0.1, 0.15) is 18.0 Å². The van der Waals surface area contributed by atoms with Gasteiger partial charge >= 0.3 is 0 Å². The van der Waals surface area contributed by atoms with Crippen LogP contribution in [0.3, 0.4) is 0 Å². The minimum Gasteiger partial charge on any atom is -0.497 e. The molecule has 2 aliphatic rings. The summed E-state index contributed by atoms with van der Waals surface area (Å²) < 4.78 is 35.3. The van der Waals surface area contributed by atoms with Crippen LogP contribution in [0.25, 0.3) is 0 Å². The van der Waals surface area contributed by atoms with Gasteiger partial charge in [0.2, 0.25) is 0 Å². The Morgan fingerprint density at radius 3 is 2.14 bits per heavy atom. The summed E-state index contributed by atoms with van der Waals surface area (Å²) in [5, 5.41) is 20.8. The van der Waals surface area contributed by atoms with Crippen LogP contribution in [0.5, 0.6) is 5.75 Å². The number of aliphatic hydroxyl groups excluding tert-OH is 2. The predicted molar refractivity (Wildman–Crippen MR) is 128 cm³/mol. The third-order valence-corrected chi connectivity index (χ3v) is 6.53. The molecule has 2 heterocycles. The van der Waals surface area contributed by atoms with E-state index in [0.29, 0.717) is 26.1 Å². The second kappa shape index (κ2) is 12.3. The summed E-state index contributed by atoms with van der Waals surface area (Å²) in [6.07, 6.45) is -3.80. The average molecular weight is 489 g/mol. The highest BCUT2D eigenvalue weighted by molar-refractivity contribution is 5.26. The standard InChI is InChI=1S/C27H36O8/c1-17-26(29)22(31-16-20-9-11-21(30-3)12-10-20)14-25(34-17)35-27-18(2)33-24(28)13-23(27)32-15-19-7-5-4-6-8-19/h4-12,17-18,22-29H,13-16H2,1-3H3/t17-,18-,22-,23-,24-,25+,26-,27-/m1/s1. The topological polar surface area (TPSA) is 95.8 Å². The molecule has 35 heavy (non-hydrogen) atoms. The Labute approximate surface area is 206 Å². The van der Waals surface area contributed by atoms with E-state index in [1.165, 1.54) is 0 Å². The lowest BCUT2D eigenvalue weighted by atomic mass is 10.00. The highest BCUT2D eigenvalue weighted by Crippen LogP contribution is 2.31. The number of hydrogen-bond acceptors (Lipinski definition) is 8. The number of aliphatic hydroxyl groups is 2. The van der Waals surface area contributed by atoms with Crippen molar-refractivity contribution in [2.45, 2.75) is 89.1 Å². The van der Waals surface area contributed by atoms with Crippen molar-refractivity contribution in [2.75, 3.05) is 7.11 Å². The molecule has 0 unspecified atom stereocenters. The lowest BCUT2D eigenvalue weighted by Gasteiger charge is -2.43. The quantitative estimate of drug-likeness (QED) is 0.556. The SMILES string of the molecule is COc1ccc(CO[C@@H]2C[C@H](O[C@@H]3[C@@H](C)O[C@@H](O)C[C@H]3OCc3ccccc3)O[C@H](C)[C@H]2O)cc1. The molecular formula is C27H36O8. The second-order valence-corrected chi connectivity index (χ2v) is 9.16. The maximum Gasteiger partial charge on any atom is 0.161 e. The summed E-state index contributed by atoms with van der Waals surface area (Å²) in [6, 6.07) is 17.5. The number of hydrogen-bond donors (Lipinski definition) is 2. The van der Waals surface area contributed by atoms with Gasteiger partial charge in [0, 0.05) is 12.8 Å². The van der Waals surface area contributed by atoms with Crippen LogP contribution in [-0.4, -0.2) is 66.5 Å². The van der Waals surface area contributed by atoms with Gasteiger partial charge in [-0.25, -0.2) is 0 Å². The van der Waals surface area contributed by atoms with E-state index < -0.39 is 43.1 Å². The Kier molecular flexibility index (Phi) is 9.13. The zero-order valence-corrected chi connectivity index (χ0v) is 20.5. The maximum atomic E-state index is 10.7. The van der Waals surface area contributed by atoms with Crippen molar-refractivity contribution in [2.24, 2.45) is 0 Å². The number of methoxy groups -OCH3 is 1. The van der Waals surface area contributed by atoms with Crippen LogP contribution in [0.4, 0.5) is 0 Å². The zero-order valence-electron chi connectivity index (χ0n) is 20.5. The van der Waals surface area contributed by atoms with Crippen LogP contribution in [0.1, 0.15) is 37.8 Å². The Bertz CT molecular complexity index is 892. The van der Waals surface area contributed by atoms with Crippen molar-refractivity contribution in [3.05, 3.63) is 65.7 Å². The molecule has 2 saturated heterocycles. The largest absolute Gasteiger partial charge is 0.497 e. The third-order valence-electron chi connectivity index (χ3n) is 6.53. The third kappa shape index (κ3) is 7.01. The maximum absolute atomic E-state index is 10.7. The van der Waals surface area contributed by atoms with Gasteiger partial charge in [0.05, 0.1) is 44.7 Å². The molecule has 2 aromatic rings. The van der Waals surface area contributed by atoms with E-state index in [1.54, 1.807) is 14.0 Å². The predicted octanol–water partition coefficient (Wildman–Crippen LogP) is 3.17. The van der Waals surface area contributed by atoms with Gasteiger partial charge in [-0.2, -0.15) is 0 Å². The molecule has 2 fully saturated rings. The minimum absolute atomic E-state index is 0.296. The van der Waals surface area contributed by atoms with E-state index in [-0.39, 0.29) is 6.10 Å². The van der Waals surface area contributed by atoms with Gasteiger partial charge in [-0.15, -0.1) is 0 Å². The highest BCUT2D eigenvalue weighted by Gasteiger charge is 2.43. The first kappa shape index (κ1) is 26.0. The Hall–Kier alpha value is -2.04. The molecule has 8 atom stereocenters. The smallest absolute Gasteiger partial charge is 0.161 e. The lowest BCUT2D eigenvalue weighted by Crippen LogP contribution is -2.54. The first-order valence-corrected chi connectivity index (χ1v) is 12.2. The van der Waals surface area contributed by atoms with Crippen molar-refractivity contribution >= 4 is 0 Å². The fourth-order valence-corrected chi connectivity index (χ4v) is 4.52. The molecule has 0 aromatic heterocycles. The molecular weight excluding hydrogens is 452 g/mol. The van der Waals surface area contributed by atoms with Gasteiger partial charge in [0.25, 0.3) is 0 Å².